The number of rotatable bonds is 7. The van der Waals surface area contributed by atoms with Crippen molar-refractivity contribution in [2.45, 2.75) is 26.5 Å². The average molecular weight is 580 g/mol. The van der Waals surface area contributed by atoms with E-state index in [0.29, 0.717) is 43.0 Å². The molecule has 39 heavy (non-hydrogen) atoms. The van der Waals surface area contributed by atoms with Crippen LogP contribution in [0.1, 0.15) is 36.6 Å². The van der Waals surface area contributed by atoms with Gasteiger partial charge < -0.3 is 9.47 Å². The second-order valence-corrected chi connectivity index (χ2v) is 10.7. The Labute approximate surface area is 239 Å². The van der Waals surface area contributed by atoms with E-state index in [1.54, 1.807) is 30.5 Å². The van der Waals surface area contributed by atoms with Gasteiger partial charge in [-0.2, -0.15) is 0 Å². The van der Waals surface area contributed by atoms with Crippen LogP contribution in [0.15, 0.2) is 93.9 Å². The first-order chi connectivity index (χ1) is 18.8. The maximum Gasteiger partial charge on any atom is 0.338 e. The van der Waals surface area contributed by atoms with Gasteiger partial charge in [0, 0.05) is 10.0 Å². The highest BCUT2D eigenvalue weighted by Gasteiger charge is 2.33. The van der Waals surface area contributed by atoms with Crippen LogP contribution < -0.4 is 19.6 Å². The minimum Gasteiger partial charge on any atom is -0.489 e. The summed E-state index contributed by atoms with van der Waals surface area (Å²) in [5.41, 5.74) is 3.20. The van der Waals surface area contributed by atoms with Crippen LogP contribution >= 0.6 is 34.5 Å². The zero-order valence-electron chi connectivity index (χ0n) is 21.2. The first-order valence-electron chi connectivity index (χ1n) is 12.3. The molecule has 1 atom stereocenters. The molecule has 0 spiro atoms. The zero-order chi connectivity index (χ0) is 27.5. The first-order valence-corrected chi connectivity index (χ1v) is 13.8. The molecule has 1 aliphatic rings. The van der Waals surface area contributed by atoms with Crippen LogP contribution in [-0.2, 0) is 16.1 Å². The summed E-state index contributed by atoms with van der Waals surface area (Å²) in [5.74, 6) is 0.211. The van der Waals surface area contributed by atoms with E-state index in [2.05, 4.69) is 4.99 Å². The normalized spacial score (nSPS) is 15.1. The molecule has 0 fully saturated rings. The predicted octanol–water partition coefficient (Wildman–Crippen LogP) is 5.68. The Morgan fingerprint density at radius 3 is 2.28 bits per heavy atom. The lowest BCUT2D eigenvalue weighted by atomic mass is 9.96. The van der Waals surface area contributed by atoms with Crippen LogP contribution in [0, 0.1) is 0 Å². The molecule has 0 aliphatic carbocycles. The summed E-state index contributed by atoms with van der Waals surface area (Å²) in [7, 11) is 0. The maximum absolute atomic E-state index is 13.7. The van der Waals surface area contributed by atoms with E-state index in [0.717, 1.165) is 16.7 Å². The third kappa shape index (κ3) is 5.86. The number of carbonyl (C=O) groups is 1. The number of aromatic nitrogens is 1. The Morgan fingerprint density at radius 1 is 1.00 bits per heavy atom. The van der Waals surface area contributed by atoms with Gasteiger partial charge in [0.05, 0.1) is 28.5 Å². The summed E-state index contributed by atoms with van der Waals surface area (Å²) >= 11 is 13.3. The third-order valence-corrected chi connectivity index (χ3v) is 7.69. The summed E-state index contributed by atoms with van der Waals surface area (Å²) in [6.07, 6.45) is 1.81. The number of fused-ring (bicyclic) bond motifs is 1. The number of nitrogens with zero attached hydrogens (tertiary/aromatic N) is 2. The molecular formula is C30H24Cl2N2O4S. The van der Waals surface area contributed by atoms with E-state index in [9.17, 15) is 9.59 Å². The molecule has 0 saturated carbocycles. The monoisotopic (exact) mass is 578 g/mol. The molecule has 9 heteroatoms. The number of hydrogen-bond donors (Lipinski definition) is 0. The second-order valence-electron chi connectivity index (χ2n) is 8.84. The largest absolute Gasteiger partial charge is 0.489 e. The summed E-state index contributed by atoms with van der Waals surface area (Å²) < 4.78 is 13.3. The fraction of sp³-hybridized carbons (Fsp3) is 0.167. The van der Waals surface area contributed by atoms with E-state index < -0.39 is 12.0 Å². The number of ether oxygens (including phenoxy) is 2. The number of thiazole rings is 1. The Hall–Kier alpha value is -3.65. The number of halogens is 2. The van der Waals surface area contributed by atoms with Gasteiger partial charge in [0.15, 0.2) is 4.80 Å². The SMILES string of the molecule is CCOC(=O)C1=C(C)N=c2s/c(=C/c3ccc(OCc4ccc(Cl)cc4)cc3)c(=O)n2[C@@H]1c1ccc(Cl)cc1. The summed E-state index contributed by atoms with van der Waals surface area (Å²) in [4.78, 5) is 31.8. The number of hydrogen-bond acceptors (Lipinski definition) is 6. The van der Waals surface area contributed by atoms with Gasteiger partial charge in [-0.05, 0) is 73.0 Å². The average Bonchev–Trinajstić information content (AvgIpc) is 3.23. The Bertz CT molecular complexity index is 1720. The van der Waals surface area contributed by atoms with Crippen molar-refractivity contribution in [3.8, 4) is 5.75 Å². The maximum atomic E-state index is 13.7. The topological polar surface area (TPSA) is 69.9 Å². The van der Waals surface area contributed by atoms with Crippen LogP contribution in [0.5, 0.6) is 5.75 Å². The summed E-state index contributed by atoms with van der Waals surface area (Å²) in [6, 6.07) is 21.4. The Morgan fingerprint density at radius 2 is 1.64 bits per heavy atom. The lowest BCUT2D eigenvalue weighted by Crippen LogP contribution is -2.39. The van der Waals surface area contributed by atoms with Crippen molar-refractivity contribution < 1.29 is 14.3 Å². The summed E-state index contributed by atoms with van der Waals surface area (Å²) in [5, 5.41) is 1.24. The van der Waals surface area contributed by atoms with Gasteiger partial charge in [-0.25, -0.2) is 9.79 Å². The highest BCUT2D eigenvalue weighted by molar-refractivity contribution is 7.07. The van der Waals surface area contributed by atoms with Crippen LogP contribution in [0.4, 0.5) is 0 Å². The van der Waals surface area contributed by atoms with Crippen molar-refractivity contribution in [3.63, 3.8) is 0 Å². The van der Waals surface area contributed by atoms with Crippen molar-refractivity contribution >= 4 is 46.6 Å². The highest BCUT2D eigenvalue weighted by atomic mass is 35.5. The van der Waals surface area contributed by atoms with E-state index in [4.69, 9.17) is 32.7 Å². The molecule has 0 saturated heterocycles. The molecule has 6 nitrogen and oxygen atoms in total. The number of allylic oxidation sites excluding steroid dienone is 1. The molecule has 5 rings (SSSR count). The van der Waals surface area contributed by atoms with E-state index in [1.807, 2.05) is 66.7 Å². The lowest BCUT2D eigenvalue weighted by Gasteiger charge is -2.24. The van der Waals surface area contributed by atoms with Gasteiger partial charge in [0.1, 0.15) is 12.4 Å². The molecule has 0 unspecified atom stereocenters. The van der Waals surface area contributed by atoms with Crippen molar-refractivity contribution in [3.05, 3.63) is 130 Å². The Kier molecular flexibility index (Phi) is 8.02. The van der Waals surface area contributed by atoms with Crippen molar-refractivity contribution in [1.82, 2.24) is 4.57 Å². The lowest BCUT2D eigenvalue weighted by molar-refractivity contribution is -0.139. The fourth-order valence-electron chi connectivity index (χ4n) is 4.31. The second kappa shape index (κ2) is 11.6. The van der Waals surface area contributed by atoms with E-state index >= 15 is 0 Å². The molecule has 2 heterocycles. The smallest absolute Gasteiger partial charge is 0.338 e. The van der Waals surface area contributed by atoms with Gasteiger partial charge in [0.2, 0.25) is 0 Å². The molecule has 1 aliphatic heterocycles. The van der Waals surface area contributed by atoms with Gasteiger partial charge >= 0.3 is 5.97 Å². The number of benzene rings is 3. The van der Waals surface area contributed by atoms with Crippen molar-refractivity contribution in [1.29, 1.82) is 0 Å². The third-order valence-electron chi connectivity index (χ3n) is 6.20. The molecular weight excluding hydrogens is 555 g/mol. The quantitative estimate of drug-likeness (QED) is 0.264. The number of esters is 1. The van der Waals surface area contributed by atoms with Crippen LogP contribution in [0.3, 0.4) is 0 Å². The molecule has 3 aromatic carbocycles. The highest BCUT2D eigenvalue weighted by Crippen LogP contribution is 2.31. The van der Waals surface area contributed by atoms with Crippen molar-refractivity contribution in [2.24, 2.45) is 4.99 Å². The predicted molar refractivity (Wildman–Crippen MR) is 154 cm³/mol. The van der Waals surface area contributed by atoms with Crippen LogP contribution in [-0.4, -0.2) is 17.1 Å². The molecule has 0 N–H and O–H groups in total. The minimum atomic E-state index is -0.677. The van der Waals surface area contributed by atoms with Gasteiger partial charge in [-0.1, -0.05) is 70.9 Å². The molecule has 4 aromatic rings. The minimum absolute atomic E-state index is 0.215. The molecule has 198 valence electrons. The Balaban J connectivity index is 1.48. The van der Waals surface area contributed by atoms with E-state index in [-0.39, 0.29) is 12.2 Å². The zero-order valence-corrected chi connectivity index (χ0v) is 23.5. The van der Waals surface area contributed by atoms with Gasteiger partial charge in [-0.3, -0.25) is 9.36 Å². The van der Waals surface area contributed by atoms with Crippen molar-refractivity contribution in [2.75, 3.05) is 6.61 Å². The van der Waals surface area contributed by atoms with E-state index in [1.165, 1.54) is 11.3 Å². The van der Waals surface area contributed by atoms with Crippen LogP contribution in [0.25, 0.3) is 6.08 Å². The number of carbonyl (C=O) groups excluding carboxylic acids is 1. The first kappa shape index (κ1) is 26.9. The molecule has 1 aromatic heterocycles. The molecule has 0 amide bonds. The molecule has 0 bridgehead atoms. The van der Waals surface area contributed by atoms with Gasteiger partial charge in [-0.15, -0.1) is 0 Å². The van der Waals surface area contributed by atoms with Crippen LogP contribution in [0.2, 0.25) is 10.0 Å². The fourth-order valence-corrected chi connectivity index (χ4v) is 5.61. The standard InChI is InChI=1S/C30H24Cl2N2O4S/c1-3-37-29(36)26-18(2)33-30-34(27(26)21-8-12-23(32)13-9-21)28(35)25(39-30)16-19-6-14-24(15-7-19)38-17-20-4-10-22(31)11-5-20/h4-16,27H,3,17H2,1-2H3/b25-16+/t27-/m1/s1. The molecule has 0 radical (unpaired) electrons. The summed E-state index contributed by atoms with van der Waals surface area (Å²) in [6.45, 7) is 4.14. The van der Waals surface area contributed by atoms with Gasteiger partial charge in [0.25, 0.3) is 5.56 Å².